The smallest absolute Gasteiger partial charge is 0.220 e. The van der Waals surface area contributed by atoms with Gasteiger partial charge in [-0.15, -0.1) is 0 Å². The van der Waals surface area contributed by atoms with Crippen molar-refractivity contribution in [2.75, 3.05) is 13.2 Å². The lowest BCUT2D eigenvalue weighted by atomic mass is 10.0. The molecule has 0 heterocycles. The van der Waals surface area contributed by atoms with E-state index in [2.05, 4.69) is 10.2 Å². The molecular weight excluding hydrogens is 294 g/mol. The van der Waals surface area contributed by atoms with E-state index in [1.807, 2.05) is 0 Å². The van der Waals surface area contributed by atoms with Crippen LogP contribution < -0.4 is 5.32 Å². The fourth-order valence-electron chi connectivity index (χ4n) is 2.61. The van der Waals surface area contributed by atoms with Crippen LogP contribution in [0.3, 0.4) is 0 Å². The minimum atomic E-state index is 0.0372. The van der Waals surface area contributed by atoms with Crippen LogP contribution in [0.2, 0.25) is 0 Å². The molecule has 0 saturated heterocycles. The van der Waals surface area contributed by atoms with Gasteiger partial charge in [-0.25, -0.2) is 4.89 Å². The molecule has 0 fully saturated rings. The fraction of sp³-hybridized carbons (Fsp3) is 0.889. The predicted molar refractivity (Wildman–Crippen MR) is 92.3 cm³/mol. The van der Waals surface area contributed by atoms with Crippen molar-refractivity contribution in [2.24, 2.45) is 0 Å². The highest BCUT2D eigenvalue weighted by atomic mass is 17.1. The van der Waals surface area contributed by atoms with Crippen LogP contribution >= 0.6 is 0 Å². The van der Waals surface area contributed by atoms with Gasteiger partial charge in [0, 0.05) is 19.4 Å². The number of aldehydes is 1. The maximum atomic E-state index is 11.4. The minimum absolute atomic E-state index is 0.0372. The first-order chi connectivity index (χ1) is 11.3. The average molecular weight is 329 g/mol. The van der Waals surface area contributed by atoms with E-state index >= 15 is 0 Å². The van der Waals surface area contributed by atoms with Gasteiger partial charge < -0.3 is 10.1 Å². The second-order valence-corrected chi connectivity index (χ2v) is 6.13. The molecule has 5 heteroatoms. The Bertz CT molecular complexity index is 272. The van der Waals surface area contributed by atoms with E-state index in [0.717, 1.165) is 32.0 Å². The molecule has 0 aromatic carbocycles. The predicted octanol–water partition coefficient (Wildman–Crippen LogP) is 4.25. The van der Waals surface area contributed by atoms with Gasteiger partial charge in [-0.3, -0.25) is 10.1 Å². The number of nitrogens with one attached hydrogen (secondary N) is 1. The molecule has 0 atom stereocenters. The summed E-state index contributed by atoms with van der Waals surface area (Å²) >= 11 is 0. The number of amides is 1. The van der Waals surface area contributed by atoms with Crippen LogP contribution in [0.4, 0.5) is 0 Å². The summed E-state index contributed by atoms with van der Waals surface area (Å²) in [6.45, 7) is 0.511. The molecule has 0 aliphatic carbocycles. The third-order valence-electron chi connectivity index (χ3n) is 3.99. The molecule has 1 amide bonds. The van der Waals surface area contributed by atoms with Crippen molar-refractivity contribution >= 4 is 12.2 Å². The minimum Gasteiger partial charge on any atom is -0.354 e. The van der Waals surface area contributed by atoms with Crippen molar-refractivity contribution in [1.82, 2.24) is 5.32 Å². The molecule has 0 bridgehead atoms. The Balaban J connectivity index is 3.07. The van der Waals surface area contributed by atoms with Crippen LogP contribution in [0, 0.1) is 0 Å². The van der Waals surface area contributed by atoms with E-state index in [9.17, 15) is 9.59 Å². The zero-order chi connectivity index (χ0) is 17.0. The summed E-state index contributed by atoms with van der Waals surface area (Å²) in [6, 6.07) is 0. The van der Waals surface area contributed by atoms with Crippen LogP contribution in [-0.2, 0) is 14.5 Å². The molecule has 0 radical (unpaired) electrons. The quantitative estimate of drug-likeness (QED) is 0.171. The Kier molecular flexibility index (Phi) is 18.3. The maximum Gasteiger partial charge on any atom is 0.220 e. The van der Waals surface area contributed by atoms with Crippen molar-refractivity contribution in [3.05, 3.63) is 0 Å². The topological polar surface area (TPSA) is 75.6 Å². The van der Waals surface area contributed by atoms with E-state index in [-0.39, 0.29) is 12.5 Å². The van der Waals surface area contributed by atoms with Crippen LogP contribution in [0.5, 0.6) is 0 Å². The van der Waals surface area contributed by atoms with E-state index in [4.69, 9.17) is 5.26 Å². The lowest BCUT2D eigenvalue weighted by molar-refractivity contribution is -0.240. The highest BCUT2D eigenvalue weighted by Gasteiger charge is 2.00. The molecule has 136 valence electrons. The Labute approximate surface area is 141 Å². The number of unbranched alkanes of at least 4 members (excludes halogenated alkanes) is 12. The lowest BCUT2D eigenvalue weighted by Crippen LogP contribution is -2.26. The molecule has 0 aromatic heterocycles. The summed E-state index contributed by atoms with van der Waals surface area (Å²) in [5, 5.41) is 10.8. The zero-order valence-corrected chi connectivity index (χ0v) is 14.6. The van der Waals surface area contributed by atoms with Gasteiger partial charge in [-0.1, -0.05) is 64.2 Å². The summed E-state index contributed by atoms with van der Waals surface area (Å²) in [5.74, 6) is 0.0372. The van der Waals surface area contributed by atoms with Gasteiger partial charge in [0.2, 0.25) is 5.91 Å². The van der Waals surface area contributed by atoms with Gasteiger partial charge in [-0.2, -0.15) is 0 Å². The van der Waals surface area contributed by atoms with Gasteiger partial charge in [0.25, 0.3) is 0 Å². The summed E-state index contributed by atoms with van der Waals surface area (Å²) in [6.07, 6.45) is 16.9. The summed E-state index contributed by atoms with van der Waals surface area (Å²) in [7, 11) is 0. The third-order valence-corrected chi connectivity index (χ3v) is 3.99. The highest BCUT2D eigenvalue weighted by molar-refractivity contribution is 5.75. The zero-order valence-electron chi connectivity index (χ0n) is 14.6. The first kappa shape index (κ1) is 22.1. The molecule has 0 spiro atoms. The van der Waals surface area contributed by atoms with E-state index < -0.39 is 0 Å². The Hall–Kier alpha value is -0.940. The molecular formula is C18H35NO4. The molecule has 0 aliphatic heterocycles. The molecule has 0 aromatic rings. The number of rotatable bonds is 18. The van der Waals surface area contributed by atoms with Gasteiger partial charge >= 0.3 is 0 Å². The molecule has 5 nitrogen and oxygen atoms in total. The molecule has 0 aliphatic rings. The normalized spacial score (nSPS) is 10.7. The Morgan fingerprint density at radius 2 is 1.30 bits per heavy atom. The van der Waals surface area contributed by atoms with Gasteiger partial charge in [-0.05, 0) is 12.8 Å². The van der Waals surface area contributed by atoms with Gasteiger partial charge in [0.05, 0.1) is 6.61 Å². The Morgan fingerprint density at radius 3 is 1.78 bits per heavy atom. The van der Waals surface area contributed by atoms with Crippen molar-refractivity contribution in [1.29, 1.82) is 0 Å². The molecule has 0 rings (SSSR count). The highest BCUT2D eigenvalue weighted by Crippen LogP contribution is 2.12. The van der Waals surface area contributed by atoms with E-state index in [1.54, 1.807) is 0 Å². The van der Waals surface area contributed by atoms with Crippen molar-refractivity contribution in [3.8, 4) is 0 Å². The number of carbonyl (C=O) groups excluding carboxylic acids is 2. The SMILES string of the molecule is O=CCCCCCCCCCCCCCCC(=O)NCCOO. The number of hydrogen-bond donors (Lipinski definition) is 2. The average Bonchev–Trinajstić information content (AvgIpc) is 2.55. The molecule has 23 heavy (non-hydrogen) atoms. The lowest BCUT2D eigenvalue weighted by Gasteiger charge is -2.04. The largest absolute Gasteiger partial charge is 0.354 e. The third kappa shape index (κ3) is 19.0. The monoisotopic (exact) mass is 329 g/mol. The first-order valence-corrected chi connectivity index (χ1v) is 9.28. The van der Waals surface area contributed by atoms with E-state index in [0.29, 0.717) is 13.0 Å². The molecule has 0 saturated carbocycles. The molecule has 0 unspecified atom stereocenters. The van der Waals surface area contributed by atoms with E-state index in [1.165, 1.54) is 57.8 Å². The second kappa shape index (κ2) is 19.1. The van der Waals surface area contributed by atoms with Crippen molar-refractivity contribution in [2.45, 2.75) is 89.9 Å². The van der Waals surface area contributed by atoms with Crippen LogP contribution in [-0.4, -0.2) is 30.6 Å². The Morgan fingerprint density at radius 1 is 0.826 bits per heavy atom. The first-order valence-electron chi connectivity index (χ1n) is 9.28. The summed E-state index contributed by atoms with van der Waals surface area (Å²) in [5.41, 5.74) is 0. The summed E-state index contributed by atoms with van der Waals surface area (Å²) in [4.78, 5) is 25.4. The maximum absolute atomic E-state index is 11.4. The van der Waals surface area contributed by atoms with Gasteiger partial charge in [0.1, 0.15) is 6.29 Å². The molecule has 2 N–H and O–H groups in total. The van der Waals surface area contributed by atoms with Crippen LogP contribution in [0.15, 0.2) is 0 Å². The fourth-order valence-corrected chi connectivity index (χ4v) is 2.61. The van der Waals surface area contributed by atoms with Gasteiger partial charge in [0.15, 0.2) is 0 Å². The van der Waals surface area contributed by atoms with Crippen LogP contribution in [0.1, 0.15) is 89.9 Å². The number of hydrogen-bond acceptors (Lipinski definition) is 4. The van der Waals surface area contributed by atoms with Crippen molar-refractivity contribution < 1.29 is 19.7 Å². The van der Waals surface area contributed by atoms with Crippen LogP contribution in [0.25, 0.3) is 0 Å². The summed E-state index contributed by atoms with van der Waals surface area (Å²) < 4.78 is 0. The standard InChI is InChI=1S/C18H35NO4/c20-16-13-11-9-7-5-3-1-2-4-6-8-10-12-14-18(21)19-15-17-23-22/h16,22H,1-15,17H2,(H,19,21). The van der Waals surface area contributed by atoms with Crippen molar-refractivity contribution in [3.63, 3.8) is 0 Å². The second-order valence-electron chi connectivity index (χ2n) is 6.13. The number of carbonyl (C=O) groups is 2.